The summed E-state index contributed by atoms with van der Waals surface area (Å²) in [4.78, 5) is 0. The molecule has 0 spiro atoms. The molecule has 2 aromatic rings. The van der Waals surface area contributed by atoms with E-state index in [1.807, 2.05) is 0 Å². The molecule has 0 aliphatic rings. The minimum absolute atomic E-state index is 0.120. The molecule has 112 valence electrons. The van der Waals surface area contributed by atoms with Gasteiger partial charge in [-0.15, -0.1) is 0 Å². The lowest BCUT2D eigenvalue weighted by Crippen LogP contribution is -2.14. The van der Waals surface area contributed by atoms with Gasteiger partial charge in [0.1, 0.15) is 11.6 Å². The number of anilines is 1. The number of phenols is 1. The number of nitrogens with one attached hydrogen (secondary N) is 1. The van der Waals surface area contributed by atoms with Crippen molar-refractivity contribution in [1.82, 2.24) is 0 Å². The first-order valence-corrected chi connectivity index (χ1v) is 6.20. The number of para-hydroxylation sites is 1. The molecule has 0 saturated heterocycles. The zero-order chi connectivity index (χ0) is 15.6. The minimum Gasteiger partial charge on any atom is -0.508 e. The fraction of sp³-hybridized carbons (Fsp3) is 0.200. The molecule has 2 rings (SSSR count). The monoisotopic (exact) mass is 299 g/mol. The Labute approximate surface area is 119 Å². The van der Waals surface area contributed by atoms with Gasteiger partial charge in [0, 0.05) is 17.3 Å². The summed E-state index contributed by atoms with van der Waals surface area (Å²) in [7, 11) is 0. The predicted octanol–water partition coefficient (Wildman–Crippen LogP) is 4.72. The fourth-order valence-electron chi connectivity index (χ4n) is 2.03. The molecule has 0 fully saturated rings. The van der Waals surface area contributed by atoms with Crippen LogP contribution in [0.5, 0.6) is 5.75 Å². The molecule has 6 heteroatoms. The molecule has 0 aliphatic heterocycles. The van der Waals surface area contributed by atoms with Gasteiger partial charge in [-0.25, -0.2) is 4.39 Å². The van der Waals surface area contributed by atoms with Crippen LogP contribution in [0.4, 0.5) is 23.2 Å². The van der Waals surface area contributed by atoms with Gasteiger partial charge in [0.2, 0.25) is 0 Å². The SMILES string of the molecule is CC(Nc1ccccc1C(F)(F)F)c1ccc(O)cc1F. The van der Waals surface area contributed by atoms with Crippen LogP contribution in [0.15, 0.2) is 42.5 Å². The van der Waals surface area contributed by atoms with Gasteiger partial charge in [0.15, 0.2) is 0 Å². The van der Waals surface area contributed by atoms with Crippen LogP contribution in [0.2, 0.25) is 0 Å². The smallest absolute Gasteiger partial charge is 0.418 e. The molecule has 0 bridgehead atoms. The van der Waals surface area contributed by atoms with Gasteiger partial charge in [0.25, 0.3) is 0 Å². The van der Waals surface area contributed by atoms with E-state index in [1.165, 1.54) is 30.3 Å². The average molecular weight is 299 g/mol. The molecule has 0 aliphatic carbocycles. The van der Waals surface area contributed by atoms with Crippen molar-refractivity contribution < 1.29 is 22.7 Å². The first kappa shape index (κ1) is 15.2. The Kier molecular flexibility index (Phi) is 4.06. The van der Waals surface area contributed by atoms with E-state index < -0.39 is 23.6 Å². The summed E-state index contributed by atoms with van der Waals surface area (Å²) in [5.41, 5.74) is -0.759. The minimum atomic E-state index is -4.49. The molecule has 2 nitrogen and oxygen atoms in total. The first-order chi connectivity index (χ1) is 9.79. The van der Waals surface area contributed by atoms with Crippen molar-refractivity contribution in [1.29, 1.82) is 0 Å². The van der Waals surface area contributed by atoms with Gasteiger partial charge in [-0.05, 0) is 25.1 Å². The highest BCUT2D eigenvalue weighted by Crippen LogP contribution is 2.36. The van der Waals surface area contributed by atoms with E-state index in [0.717, 1.165) is 12.1 Å². The van der Waals surface area contributed by atoms with Crippen LogP contribution < -0.4 is 5.32 Å². The number of alkyl halides is 3. The second-order valence-electron chi connectivity index (χ2n) is 4.62. The number of benzene rings is 2. The summed E-state index contributed by atoms with van der Waals surface area (Å²) < 4.78 is 52.4. The Hall–Kier alpha value is -2.24. The highest BCUT2D eigenvalue weighted by molar-refractivity contribution is 5.54. The van der Waals surface area contributed by atoms with Gasteiger partial charge in [0.05, 0.1) is 11.6 Å². The maximum Gasteiger partial charge on any atom is 0.418 e. The predicted molar refractivity (Wildman–Crippen MR) is 71.5 cm³/mol. The van der Waals surface area contributed by atoms with Crippen molar-refractivity contribution in [3.05, 3.63) is 59.4 Å². The molecule has 0 radical (unpaired) electrons. The lowest BCUT2D eigenvalue weighted by Gasteiger charge is -2.20. The zero-order valence-corrected chi connectivity index (χ0v) is 11.1. The quantitative estimate of drug-likeness (QED) is 0.803. The topological polar surface area (TPSA) is 32.3 Å². The van der Waals surface area contributed by atoms with Crippen LogP contribution in [-0.4, -0.2) is 5.11 Å². The molecule has 1 unspecified atom stereocenters. The molecular formula is C15H13F4NO. The van der Waals surface area contributed by atoms with Crippen LogP contribution in [0.3, 0.4) is 0 Å². The highest BCUT2D eigenvalue weighted by Gasteiger charge is 2.33. The van der Waals surface area contributed by atoms with E-state index in [2.05, 4.69) is 5.32 Å². The van der Waals surface area contributed by atoms with E-state index in [1.54, 1.807) is 6.92 Å². The number of hydrogen-bond donors (Lipinski definition) is 2. The second kappa shape index (κ2) is 5.63. The normalized spacial score (nSPS) is 13.0. The Bertz CT molecular complexity index is 640. The Morgan fingerprint density at radius 2 is 1.76 bits per heavy atom. The summed E-state index contributed by atoms with van der Waals surface area (Å²) in [5, 5.41) is 11.8. The van der Waals surface area contributed by atoms with Gasteiger partial charge >= 0.3 is 6.18 Å². The van der Waals surface area contributed by atoms with Gasteiger partial charge in [-0.2, -0.15) is 13.2 Å². The van der Waals surface area contributed by atoms with Crippen LogP contribution in [-0.2, 0) is 6.18 Å². The Balaban J connectivity index is 2.30. The van der Waals surface area contributed by atoms with E-state index in [4.69, 9.17) is 5.11 Å². The highest BCUT2D eigenvalue weighted by atomic mass is 19.4. The van der Waals surface area contributed by atoms with E-state index in [0.29, 0.717) is 0 Å². The van der Waals surface area contributed by atoms with Crippen molar-refractivity contribution in [2.75, 3.05) is 5.32 Å². The van der Waals surface area contributed by atoms with Crippen molar-refractivity contribution in [2.45, 2.75) is 19.1 Å². The van der Waals surface area contributed by atoms with E-state index in [9.17, 15) is 17.6 Å². The zero-order valence-electron chi connectivity index (χ0n) is 11.1. The molecule has 0 aromatic heterocycles. The molecular weight excluding hydrogens is 286 g/mol. The summed E-state index contributed by atoms with van der Waals surface area (Å²) in [6.45, 7) is 1.54. The van der Waals surface area contributed by atoms with E-state index >= 15 is 0 Å². The molecule has 1 atom stereocenters. The van der Waals surface area contributed by atoms with Crippen molar-refractivity contribution in [3.63, 3.8) is 0 Å². The number of rotatable bonds is 3. The molecule has 0 heterocycles. The molecule has 2 N–H and O–H groups in total. The van der Waals surface area contributed by atoms with Crippen molar-refractivity contribution in [2.24, 2.45) is 0 Å². The van der Waals surface area contributed by atoms with Crippen LogP contribution in [0, 0.1) is 5.82 Å². The Morgan fingerprint density at radius 3 is 2.38 bits per heavy atom. The summed E-state index contributed by atoms with van der Waals surface area (Å²) >= 11 is 0. The number of phenolic OH excluding ortho intramolecular Hbond substituents is 1. The van der Waals surface area contributed by atoms with Gasteiger partial charge < -0.3 is 10.4 Å². The molecule has 2 aromatic carbocycles. The van der Waals surface area contributed by atoms with Crippen molar-refractivity contribution in [3.8, 4) is 5.75 Å². The third kappa shape index (κ3) is 3.45. The summed E-state index contributed by atoms with van der Waals surface area (Å²) in [6.07, 6.45) is -4.49. The Morgan fingerprint density at radius 1 is 1.10 bits per heavy atom. The summed E-state index contributed by atoms with van der Waals surface area (Å²) in [5.74, 6) is -0.918. The fourth-order valence-corrected chi connectivity index (χ4v) is 2.03. The largest absolute Gasteiger partial charge is 0.508 e. The van der Waals surface area contributed by atoms with Crippen LogP contribution in [0.1, 0.15) is 24.1 Å². The van der Waals surface area contributed by atoms with Crippen LogP contribution >= 0.6 is 0 Å². The number of hydrogen-bond acceptors (Lipinski definition) is 2. The second-order valence-corrected chi connectivity index (χ2v) is 4.62. The maximum absolute atomic E-state index is 13.7. The molecule has 0 amide bonds. The third-order valence-corrected chi connectivity index (χ3v) is 3.06. The standard InChI is InChI=1S/C15H13F4NO/c1-9(11-7-6-10(21)8-13(11)16)20-14-5-3-2-4-12(14)15(17,18)19/h2-9,20-21H,1H3. The average Bonchev–Trinajstić information content (AvgIpc) is 2.37. The third-order valence-electron chi connectivity index (χ3n) is 3.06. The van der Waals surface area contributed by atoms with Crippen molar-refractivity contribution >= 4 is 5.69 Å². The molecule has 21 heavy (non-hydrogen) atoms. The maximum atomic E-state index is 13.7. The van der Waals surface area contributed by atoms with Crippen LogP contribution in [0.25, 0.3) is 0 Å². The van der Waals surface area contributed by atoms with Gasteiger partial charge in [-0.1, -0.05) is 18.2 Å². The van der Waals surface area contributed by atoms with E-state index in [-0.39, 0.29) is 17.0 Å². The first-order valence-electron chi connectivity index (χ1n) is 6.20. The lowest BCUT2D eigenvalue weighted by molar-refractivity contribution is -0.137. The number of aromatic hydroxyl groups is 1. The lowest BCUT2D eigenvalue weighted by atomic mass is 10.1. The number of halogens is 4. The molecule has 0 saturated carbocycles. The van der Waals surface area contributed by atoms with Gasteiger partial charge in [-0.3, -0.25) is 0 Å². The summed E-state index contributed by atoms with van der Waals surface area (Å²) in [6, 6.07) is 7.86.